The summed E-state index contributed by atoms with van der Waals surface area (Å²) in [6, 6.07) is 5.30. The third-order valence-corrected chi connectivity index (χ3v) is 23.9. The number of hydrogen-bond acceptors (Lipinski definition) is 2. The summed E-state index contributed by atoms with van der Waals surface area (Å²) in [5.41, 5.74) is -1.23. The van der Waals surface area contributed by atoms with Crippen LogP contribution in [0.2, 0.25) is 37.4 Å². The Balaban J connectivity index is 2.34. The summed E-state index contributed by atoms with van der Waals surface area (Å²) >= 11 is -2.34. The average Bonchev–Trinajstić information content (AvgIpc) is 3.19. The van der Waals surface area contributed by atoms with E-state index in [1.807, 2.05) is 0 Å². The number of ether oxygens (including phenoxy) is 1. The van der Waals surface area contributed by atoms with E-state index < -0.39 is 44.0 Å². The molecule has 37 heavy (non-hydrogen) atoms. The SMILES string of the molecule is CCC[CH2][Sn]([CH2]/C=C/C1(O[Si](C)(C)C)CCCC1Oc1cccc(C(F)(F)F)c1)([CH2]CCC)[CH2]CCC. The first-order valence-electron chi connectivity index (χ1n) is 14.6. The molecule has 0 aromatic heterocycles. The van der Waals surface area contributed by atoms with Crippen molar-refractivity contribution in [3.63, 3.8) is 0 Å². The topological polar surface area (TPSA) is 18.5 Å². The van der Waals surface area contributed by atoms with E-state index in [2.05, 4.69) is 52.6 Å². The van der Waals surface area contributed by atoms with Crippen molar-refractivity contribution in [1.82, 2.24) is 0 Å². The molecule has 1 aliphatic carbocycles. The van der Waals surface area contributed by atoms with Gasteiger partial charge in [-0.2, -0.15) is 0 Å². The second-order valence-corrected chi connectivity index (χ2v) is 30.5. The van der Waals surface area contributed by atoms with Crippen LogP contribution >= 0.6 is 0 Å². The van der Waals surface area contributed by atoms with Gasteiger partial charge in [0.05, 0.1) is 0 Å². The third-order valence-electron chi connectivity index (χ3n) is 7.65. The van der Waals surface area contributed by atoms with Gasteiger partial charge in [-0.25, -0.2) is 0 Å². The first-order chi connectivity index (χ1) is 17.4. The number of allylic oxidation sites excluding steroid dienone is 1. The maximum absolute atomic E-state index is 13.3. The standard InChI is InChI=1S/C18H24F3O2Si.3C4H9.Sn/c1-5-11-17(23-24(2,3)4)12-7-10-16(17)22-15-9-6-8-14(13-15)18(19,20)21;3*1-3-4-2;/h5-6,8-9,11,13,16H,1,7,10,12H2,2-4H3;3*1,3-4H2,2H3;/b11-5+;;;;. The van der Waals surface area contributed by atoms with E-state index in [4.69, 9.17) is 9.16 Å². The van der Waals surface area contributed by atoms with E-state index in [1.165, 1.54) is 62.3 Å². The molecule has 0 aliphatic heterocycles. The van der Waals surface area contributed by atoms with E-state index in [9.17, 15) is 13.2 Å². The minimum absolute atomic E-state index is 0.273. The maximum atomic E-state index is 13.3. The summed E-state index contributed by atoms with van der Waals surface area (Å²) in [6.45, 7) is 13.5. The van der Waals surface area contributed by atoms with Gasteiger partial charge < -0.3 is 0 Å². The first kappa shape index (κ1) is 32.7. The van der Waals surface area contributed by atoms with Crippen LogP contribution in [0.4, 0.5) is 13.2 Å². The van der Waals surface area contributed by atoms with Crippen molar-refractivity contribution in [3.05, 3.63) is 42.0 Å². The molecule has 0 radical (unpaired) electrons. The molecular weight excluding hydrogens is 596 g/mol. The van der Waals surface area contributed by atoms with Crippen LogP contribution in [0.3, 0.4) is 0 Å². The van der Waals surface area contributed by atoms with Gasteiger partial charge in [-0.1, -0.05) is 0 Å². The monoisotopic (exact) mass is 648 g/mol. The summed E-state index contributed by atoms with van der Waals surface area (Å²) in [7, 11) is -1.95. The third kappa shape index (κ3) is 10.5. The van der Waals surface area contributed by atoms with Gasteiger partial charge in [0.15, 0.2) is 0 Å². The van der Waals surface area contributed by atoms with Crippen LogP contribution in [-0.4, -0.2) is 38.4 Å². The Bertz CT molecular complexity index is 815. The molecule has 0 saturated heterocycles. The van der Waals surface area contributed by atoms with E-state index in [0.29, 0.717) is 0 Å². The van der Waals surface area contributed by atoms with Gasteiger partial charge in [-0.3, -0.25) is 0 Å². The Labute approximate surface area is 229 Å². The Morgan fingerprint density at radius 1 is 1.00 bits per heavy atom. The van der Waals surface area contributed by atoms with Gasteiger partial charge in [0.2, 0.25) is 0 Å². The van der Waals surface area contributed by atoms with Crippen molar-refractivity contribution in [3.8, 4) is 5.75 Å². The number of unbranched alkanes of at least 4 members (excludes halogenated alkanes) is 3. The van der Waals surface area contributed by atoms with Crippen LogP contribution in [0.25, 0.3) is 0 Å². The zero-order chi connectivity index (χ0) is 27.6. The summed E-state index contributed by atoms with van der Waals surface area (Å²) in [6.07, 6.45) is 10.5. The predicted molar refractivity (Wildman–Crippen MR) is 156 cm³/mol. The van der Waals surface area contributed by atoms with Gasteiger partial charge >= 0.3 is 231 Å². The van der Waals surface area contributed by atoms with Crippen LogP contribution < -0.4 is 4.74 Å². The molecule has 0 bridgehead atoms. The summed E-state index contributed by atoms with van der Waals surface area (Å²) in [5, 5.41) is 0. The summed E-state index contributed by atoms with van der Waals surface area (Å²) in [5.74, 6) is 0.279. The molecule has 2 rings (SSSR count). The predicted octanol–water partition coefficient (Wildman–Crippen LogP) is 10.6. The molecule has 0 spiro atoms. The minimum atomic E-state index is -4.38. The molecule has 0 amide bonds. The summed E-state index contributed by atoms with van der Waals surface area (Å²) in [4.78, 5) is 0. The fourth-order valence-corrected chi connectivity index (χ4v) is 22.3. The van der Waals surface area contributed by atoms with Crippen molar-refractivity contribution in [2.24, 2.45) is 0 Å². The molecule has 0 heterocycles. The molecule has 2 unspecified atom stereocenters. The molecular formula is C30H51F3O2SiSn. The van der Waals surface area contributed by atoms with Crippen LogP contribution in [-0.2, 0) is 10.6 Å². The molecule has 1 aromatic rings. The Hall–Kier alpha value is -0.474. The quantitative estimate of drug-likeness (QED) is 0.131. The van der Waals surface area contributed by atoms with Crippen LogP contribution in [0.5, 0.6) is 5.75 Å². The average molecular weight is 648 g/mol. The van der Waals surface area contributed by atoms with E-state index in [0.717, 1.165) is 31.4 Å². The Morgan fingerprint density at radius 2 is 1.59 bits per heavy atom. The molecule has 2 atom stereocenters. The van der Waals surface area contributed by atoms with E-state index >= 15 is 0 Å². The molecule has 212 valence electrons. The number of rotatable bonds is 16. The van der Waals surface area contributed by atoms with Gasteiger partial charge in [0.1, 0.15) is 0 Å². The van der Waals surface area contributed by atoms with Crippen molar-refractivity contribution in [1.29, 1.82) is 0 Å². The Kier molecular flexibility index (Phi) is 13.1. The molecule has 7 heteroatoms. The van der Waals surface area contributed by atoms with Crippen molar-refractivity contribution >= 4 is 26.7 Å². The normalized spacial score (nSPS) is 21.2. The van der Waals surface area contributed by atoms with Gasteiger partial charge in [-0.05, 0) is 0 Å². The molecule has 0 N–H and O–H groups in total. The molecule has 1 aromatic carbocycles. The number of halogens is 3. The van der Waals surface area contributed by atoms with Crippen LogP contribution in [0, 0.1) is 0 Å². The van der Waals surface area contributed by atoms with Gasteiger partial charge in [0, 0.05) is 0 Å². The second-order valence-electron chi connectivity index (χ2n) is 12.1. The summed E-state index contributed by atoms with van der Waals surface area (Å²) < 4.78 is 58.7. The second kappa shape index (κ2) is 14.8. The van der Waals surface area contributed by atoms with Crippen molar-refractivity contribution in [2.45, 2.75) is 134 Å². The molecule has 2 nitrogen and oxygen atoms in total. The van der Waals surface area contributed by atoms with Crippen LogP contribution in [0.1, 0.15) is 84.1 Å². The van der Waals surface area contributed by atoms with E-state index in [-0.39, 0.29) is 11.9 Å². The number of benzene rings is 1. The zero-order valence-corrected chi connectivity index (χ0v) is 28.0. The van der Waals surface area contributed by atoms with Gasteiger partial charge in [0.25, 0.3) is 0 Å². The number of hydrogen-bond donors (Lipinski definition) is 0. The first-order valence-corrected chi connectivity index (χ1v) is 26.1. The van der Waals surface area contributed by atoms with Crippen LogP contribution in [0.15, 0.2) is 36.4 Å². The van der Waals surface area contributed by atoms with Crippen molar-refractivity contribution in [2.75, 3.05) is 0 Å². The van der Waals surface area contributed by atoms with Gasteiger partial charge in [-0.15, -0.1) is 0 Å². The fraction of sp³-hybridized carbons (Fsp3) is 0.733. The van der Waals surface area contributed by atoms with Crippen molar-refractivity contribution < 1.29 is 22.3 Å². The van der Waals surface area contributed by atoms with E-state index in [1.54, 1.807) is 6.07 Å². The number of alkyl halides is 3. The molecule has 1 saturated carbocycles. The zero-order valence-electron chi connectivity index (χ0n) is 24.2. The molecule has 1 aliphatic rings. The molecule has 1 fully saturated rings. The fourth-order valence-electron chi connectivity index (χ4n) is 5.79. The Morgan fingerprint density at radius 3 is 2.11 bits per heavy atom.